The van der Waals surface area contributed by atoms with Crippen molar-refractivity contribution in [2.24, 2.45) is 0 Å². The number of benzene rings is 2. The van der Waals surface area contributed by atoms with Gasteiger partial charge in [-0.25, -0.2) is 0 Å². The van der Waals surface area contributed by atoms with Crippen LogP contribution in [-0.4, -0.2) is 5.91 Å². The predicted molar refractivity (Wildman–Crippen MR) is 78.9 cm³/mol. The third kappa shape index (κ3) is 4.47. The van der Waals surface area contributed by atoms with Gasteiger partial charge in [0.1, 0.15) is 0 Å². The predicted octanol–water partition coefficient (Wildman–Crippen LogP) is 3.23. The quantitative estimate of drug-likeness (QED) is 0.805. The van der Waals surface area contributed by atoms with Crippen LogP contribution in [0.1, 0.15) is 18.4 Å². The average Bonchev–Trinajstić information content (AvgIpc) is 2.40. The Morgan fingerprint density at radius 1 is 1.05 bits per heavy atom. The minimum absolute atomic E-state index is 0.0292. The Balaban J connectivity index is 1.76. The molecule has 1 amide bonds. The Labute approximate surface area is 113 Å². The first kappa shape index (κ1) is 13.1. The first-order chi connectivity index (χ1) is 9.24. The number of anilines is 2. The van der Waals surface area contributed by atoms with Gasteiger partial charge in [-0.3, -0.25) is 4.79 Å². The summed E-state index contributed by atoms with van der Waals surface area (Å²) in [6.45, 7) is 0. The molecule has 3 N–H and O–H groups in total. The van der Waals surface area contributed by atoms with Gasteiger partial charge < -0.3 is 11.1 Å². The lowest BCUT2D eigenvalue weighted by Crippen LogP contribution is -2.11. The van der Waals surface area contributed by atoms with Crippen molar-refractivity contribution in [3.05, 3.63) is 60.2 Å². The van der Waals surface area contributed by atoms with Gasteiger partial charge in [0.2, 0.25) is 5.91 Å². The van der Waals surface area contributed by atoms with Crippen molar-refractivity contribution in [1.29, 1.82) is 0 Å². The molecule has 19 heavy (non-hydrogen) atoms. The van der Waals surface area contributed by atoms with E-state index in [0.29, 0.717) is 12.1 Å². The molecule has 3 heteroatoms. The van der Waals surface area contributed by atoms with E-state index >= 15 is 0 Å². The topological polar surface area (TPSA) is 55.1 Å². The average molecular weight is 254 g/mol. The smallest absolute Gasteiger partial charge is 0.224 e. The summed E-state index contributed by atoms with van der Waals surface area (Å²) in [4.78, 5) is 11.8. The minimum atomic E-state index is 0.0292. The van der Waals surface area contributed by atoms with Gasteiger partial charge in [0.25, 0.3) is 0 Å². The number of aryl methyl sites for hydroxylation is 1. The molecule has 2 aromatic carbocycles. The highest BCUT2D eigenvalue weighted by Crippen LogP contribution is 2.12. The zero-order chi connectivity index (χ0) is 13.5. The molecule has 0 aliphatic carbocycles. The monoisotopic (exact) mass is 254 g/mol. The van der Waals surface area contributed by atoms with Crippen LogP contribution in [0.15, 0.2) is 54.6 Å². The van der Waals surface area contributed by atoms with Crippen LogP contribution < -0.4 is 11.1 Å². The zero-order valence-corrected chi connectivity index (χ0v) is 10.8. The van der Waals surface area contributed by atoms with Crippen molar-refractivity contribution >= 4 is 17.3 Å². The van der Waals surface area contributed by atoms with Crippen LogP contribution in [0, 0.1) is 0 Å². The fourth-order valence-electron chi connectivity index (χ4n) is 1.94. The van der Waals surface area contributed by atoms with E-state index in [4.69, 9.17) is 5.73 Å². The highest BCUT2D eigenvalue weighted by atomic mass is 16.1. The summed E-state index contributed by atoms with van der Waals surface area (Å²) in [5.74, 6) is 0.0292. The number of nitrogens with one attached hydrogen (secondary N) is 1. The number of nitrogen functional groups attached to an aromatic ring is 1. The molecule has 2 aromatic rings. The second kappa shape index (κ2) is 6.59. The van der Waals surface area contributed by atoms with E-state index in [9.17, 15) is 4.79 Å². The van der Waals surface area contributed by atoms with Crippen LogP contribution in [0.2, 0.25) is 0 Å². The molecule has 0 spiro atoms. The third-order valence-corrected chi connectivity index (χ3v) is 2.88. The Morgan fingerprint density at radius 2 is 1.84 bits per heavy atom. The lowest BCUT2D eigenvalue weighted by Gasteiger charge is -2.06. The second-order valence-electron chi connectivity index (χ2n) is 4.51. The van der Waals surface area contributed by atoms with Gasteiger partial charge in [0.05, 0.1) is 0 Å². The number of amides is 1. The van der Waals surface area contributed by atoms with E-state index < -0.39 is 0 Å². The number of hydrogen-bond donors (Lipinski definition) is 2. The molecule has 0 fully saturated rings. The standard InChI is InChI=1S/C16H18N2O/c17-14-9-5-10-15(12-14)18-16(19)11-4-8-13-6-2-1-3-7-13/h1-3,5-7,9-10,12H,4,8,11,17H2,(H,18,19). The maximum absolute atomic E-state index is 11.8. The molecule has 0 aliphatic heterocycles. The molecule has 3 nitrogen and oxygen atoms in total. The minimum Gasteiger partial charge on any atom is -0.399 e. The van der Waals surface area contributed by atoms with Crippen LogP contribution in [-0.2, 0) is 11.2 Å². The summed E-state index contributed by atoms with van der Waals surface area (Å²) < 4.78 is 0. The summed E-state index contributed by atoms with van der Waals surface area (Å²) in [6, 6.07) is 17.4. The van der Waals surface area contributed by atoms with Crippen LogP contribution in [0.4, 0.5) is 11.4 Å². The van der Waals surface area contributed by atoms with E-state index in [1.807, 2.05) is 30.3 Å². The summed E-state index contributed by atoms with van der Waals surface area (Å²) in [5, 5.41) is 2.85. The fourth-order valence-corrected chi connectivity index (χ4v) is 1.94. The van der Waals surface area contributed by atoms with Crippen molar-refractivity contribution in [3.8, 4) is 0 Å². The summed E-state index contributed by atoms with van der Waals surface area (Å²) in [5.41, 5.74) is 8.33. The lowest BCUT2D eigenvalue weighted by atomic mass is 10.1. The molecule has 0 saturated carbocycles. The second-order valence-corrected chi connectivity index (χ2v) is 4.51. The molecule has 0 unspecified atom stereocenters. The van der Waals surface area contributed by atoms with Gasteiger partial charge in [-0.1, -0.05) is 36.4 Å². The number of carbonyl (C=O) groups is 1. The summed E-state index contributed by atoms with van der Waals surface area (Å²) >= 11 is 0. The van der Waals surface area contributed by atoms with Gasteiger partial charge >= 0.3 is 0 Å². The highest BCUT2D eigenvalue weighted by molar-refractivity contribution is 5.91. The van der Waals surface area contributed by atoms with Gasteiger partial charge in [-0.2, -0.15) is 0 Å². The van der Waals surface area contributed by atoms with E-state index in [1.165, 1.54) is 5.56 Å². The third-order valence-electron chi connectivity index (χ3n) is 2.88. The van der Waals surface area contributed by atoms with Gasteiger partial charge in [-0.15, -0.1) is 0 Å². The van der Waals surface area contributed by atoms with Crippen molar-refractivity contribution in [2.75, 3.05) is 11.1 Å². The highest BCUT2D eigenvalue weighted by Gasteiger charge is 2.02. The molecule has 2 rings (SSSR count). The largest absolute Gasteiger partial charge is 0.399 e. The molecule has 0 radical (unpaired) electrons. The molecular formula is C16H18N2O. The summed E-state index contributed by atoms with van der Waals surface area (Å²) in [7, 11) is 0. The van der Waals surface area contributed by atoms with Crippen LogP contribution >= 0.6 is 0 Å². The van der Waals surface area contributed by atoms with Crippen molar-refractivity contribution in [3.63, 3.8) is 0 Å². The maximum Gasteiger partial charge on any atom is 0.224 e. The van der Waals surface area contributed by atoms with Gasteiger partial charge in [0.15, 0.2) is 0 Å². The summed E-state index contributed by atoms with van der Waals surface area (Å²) in [6.07, 6.45) is 2.28. The Kier molecular flexibility index (Phi) is 4.56. The molecule has 0 aromatic heterocycles. The molecule has 0 saturated heterocycles. The molecule has 0 aliphatic rings. The van der Waals surface area contributed by atoms with Gasteiger partial charge in [-0.05, 0) is 36.6 Å². The van der Waals surface area contributed by atoms with Crippen molar-refractivity contribution < 1.29 is 4.79 Å². The Morgan fingerprint density at radius 3 is 2.58 bits per heavy atom. The first-order valence-electron chi connectivity index (χ1n) is 6.43. The normalized spacial score (nSPS) is 10.1. The number of hydrogen-bond acceptors (Lipinski definition) is 2. The Hall–Kier alpha value is -2.29. The van der Waals surface area contributed by atoms with Crippen LogP contribution in [0.25, 0.3) is 0 Å². The van der Waals surface area contributed by atoms with Crippen LogP contribution in [0.3, 0.4) is 0 Å². The SMILES string of the molecule is Nc1cccc(NC(=O)CCCc2ccccc2)c1. The van der Waals surface area contributed by atoms with E-state index in [0.717, 1.165) is 18.5 Å². The molecule has 0 heterocycles. The molecule has 0 atom stereocenters. The van der Waals surface area contributed by atoms with E-state index in [1.54, 1.807) is 12.1 Å². The molecular weight excluding hydrogens is 236 g/mol. The van der Waals surface area contributed by atoms with Crippen LogP contribution in [0.5, 0.6) is 0 Å². The molecule has 0 bridgehead atoms. The number of carbonyl (C=O) groups excluding carboxylic acids is 1. The maximum atomic E-state index is 11.8. The fraction of sp³-hybridized carbons (Fsp3) is 0.188. The first-order valence-corrected chi connectivity index (χ1v) is 6.43. The van der Waals surface area contributed by atoms with Crippen molar-refractivity contribution in [1.82, 2.24) is 0 Å². The lowest BCUT2D eigenvalue weighted by molar-refractivity contribution is -0.116. The number of nitrogens with two attached hydrogens (primary N) is 1. The number of rotatable bonds is 5. The Bertz CT molecular complexity index is 537. The van der Waals surface area contributed by atoms with E-state index in [2.05, 4.69) is 17.4 Å². The molecule has 98 valence electrons. The zero-order valence-electron chi connectivity index (χ0n) is 10.8. The van der Waals surface area contributed by atoms with Gasteiger partial charge in [0, 0.05) is 17.8 Å². The van der Waals surface area contributed by atoms with Crippen molar-refractivity contribution in [2.45, 2.75) is 19.3 Å². The van der Waals surface area contributed by atoms with E-state index in [-0.39, 0.29) is 5.91 Å².